The van der Waals surface area contributed by atoms with Crippen molar-refractivity contribution in [3.8, 4) is 6.07 Å². The second kappa shape index (κ2) is 5.54. The SMILES string of the molecule is N#CC(CCN)CCO. The van der Waals surface area contributed by atoms with Gasteiger partial charge in [0.15, 0.2) is 0 Å². The van der Waals surface area contributed by atoms with Gasteiger partial charge >= 0.3 is 0 Å². The van der Waals surface area contributed by atoms with Crippen LogP contribution in [0.3, 0.4) is 0 Å². The Morgan fingerprint density at radius 2 is 2.22 bits per heavy atom. The van der Waals surface area contributed by atoms with Gasteiger partial charge in [-0.15, -0.1) is 0 Å². The van der Waals surface area contributed by atoms with E-state index in [2.05, 4.69) is 6.07 Å². The molecule has 0 bridgehead atoms. The third-order valence-electron chi connectivity index (χ3n) is 1.18. The lowest BCUT2D eigenvalue weighted by molar-refractivity contribution is 0.269. The van der Waals surface area contributed by atoms with Crippen LogP contribution in [0, 0.1) is 17.2 Å². The second-order valence-electron chi connectivity index (χ2n) is 1.92. The molecule has 0 rings (SSSR count). The number of hydrogen-bond donors (Lipinski definition) is 2. The molecule has 0 aliphatic carbocycles. The van der Waals surface area contributed by atoms with Gasteiger partial charge in [-0.3, -0.25) is 0 Å². The zero-order chi connectivity index (χ0) is 7.11. The average Bonchev–Trinajstić information content (AvgIpc) is 1.88. The molecule has 0 aromatic carbocycles. The van der Waals surface area contributed by atoms with Crippen LogP contribution < -0.4 is 5.73 Å². The predicted octanol–water partition coefficient (Wildman–Crippen LogP) is -0.143. The molecule has 0 heterocycles. The van der Waals surface area contributed by atoms with Gasteiger partial charge in [-0.1, -0.05) is 0 Å². The average molecular weight is 128 g/mol. The number of hydrogen-bond acceptors (Lipinski definition) is 3. The minimum absolute atomic E-state index is 0.0556. The van der Waals surface area contributed by atoms with E-state index < -0.39 is 0 Å². The number of rotatable bonds is 4. The van der Waals surface area contributed by atoms with Crippen LogP contribution in [-0.4, -0.2) is 18.3 Å². The number of aliphatic hydroxyl groups excluding tert-OH is 1. The molecule has 52 valence electrons. The molecule has 3 heteroatoms. The molecular weight excluding hydrogens is 116 g/mol. The Labute approximate surface area is 55.1 Å². The maximum Gasteiger partial charge on any atom is 0.0657 e. The Hall–Kier alpha value is -0.590. The zero-order valence-corrected chi connectivity index (χ0v) is 5.38. The predicted molar refractivity (Wildman–Crippen MR) is 34.5 cm³/mol. The smallest absolute Gasteiger partial charge is 0.0657 e. The van der Waals surface area contributed by atoms with E-state index in [0.717, 1.165) is 0 Å². The van der Waals surface area contributed by atoms with E-state index >= 15 is 0 Å². The van der Waals surface area contributed by atoms with Crippen LogP contribution in [0.1, 0.15) is 12.8 Å². The Balaban J connectivity index is 3.32. The molecule has 9 heavy (non-hydrogen) atoms. The summed E-state index contributed by atoms with van der Waals surface area (Å²) in [4.78, 5) is 0. The van der Waals surface area contributed by atoms with Gasteiger partial charge < -0.3 is 10.8 Å². The fourth-order valence-corrected chi connectivity index (χ4v) is 0.630. The van der Waals surface area contributed by atoms with E-state index in [9.17, 15) is 0 Å². The molecule has 0 saturated carbocycles. The summed E-state index contributed by atoms with van der Waals surface area (Å²) in [6.45, 7) is 0.608. The Bertz CT molecular complexity index is 91.7. The van der Waals surface area contributed by atoms with E-state index in [1.165, 1.54) is 0 Å². The Morgan fingerprint density at radius 1 is 1.56 bits per heavy atom. The molecule has 0 spiro atoms. The first-order valence-corrected chi connectivity index (χ1v) is 3.05. The van der Waals surface area contributed by atoms with Crippen molar-refractivity contribution in [2.75, 3.05) is 13.2 Å². The molecule has 0 amide bonds. The molecule has 0 aromatic heterocycles. The molecule has 0 radical (unpaired) electrons. The largest absolute Gasteiger partial charge is 0.396 e. The molecule has 0 saturated heterocycles. The normalized spacial score (nSPS) is 12.6. The van der Waals surface area contributed by atoms with Crippen molar-refractivity contribution < 1.29 is 5.11 Å². The highest BCUT2D eigenvalue weighted by Gasteiger charge is 2.03. The quantitative estimate of drug-likeness (QED) is 0.553. The van der Waals surface area contributed by atoms with E-state index in [0.29, 0.717) is 19.4 Å². The van der Waals surface area contributed by atoms with Crippen LogP contribution in [0.2, 0.25) is 0 Å². The van der Waals surface area contributed by atoms with Gasteiger partial charge in [-0.25, -0.2) is 0 Å². The van der Waals surface area contributed by atoms with Gasteiger partial charge in [-0.2, -0.15) is 5.26 Å². The fraction of sp³-hybridized carbons (Fsp3) is 0.833. The lowest BCUT2D eigenvalue weighted by Crippen LogP contribution is -2.08. The summed E-state index contributed by atoms with van der Waals surface area (Å²) < 4.78 is 0. The minimum atomic E-state index is -0.0556. The van der Waals surface area contributed by atoms with Crippen molar-refractivity contribution in [3.63, 3.8) is 0 Å². The third kappa shape index (κ3) is 3.95. The summed E-state index contributed by atoms with van der Waals surface area (Å²) in [6, 6.07) is 2.06. The van der Waals surface area contributed by atoms with Gasteiger partial charge in [-0.05, 0) is 19.4 Å². The second-order valence-corrected chi connectivity index (χ2v) is 1.92. The van der Waals surface area contributed by atoms with Gasteiger partial charge in [0.05, 0.1) is 6.07 Å². The molecule has 0 aliphatic heterocycles. The van der Waals surface area contributed by atoms with Crippen LogP contribution in [0.5, 0.6) is 0 Å². The molecule has 1 unspecified atom stereocenters. The van der Waals surface area contributed by atoms with Gasteiger partial charge in [0.25, 0.3) is 0 Å². The van der Waals surface area contributed by atoms with Crippen molar-refractivity contribution in [2.45, 2.75) is 12.8 Å². The first-order valence-electron chi connectivity index (χ1n) is 3.05. The zero-order valence-electron chi connectivity index (χ0n) is 5.38. The number of nitriles is 1. The topological polar surface area (TPSA) is 70.0 Å². The fourth-order valence-electron chi connectivity index (χ4n) is 0.630. The lowest BCUT2D eigenvalue weighted by Gasteiger charge is -2.02. The summed E-state index contributed by atoms with van der Waals surface area (Å²) in [5.74, 6) is -0.0556. The molecule has 0 aromatic rings. The number of nitrogens with two attached hydrogens (primary N) is 1. The Morgan fingerprint density at radius 3 is 2.56 bits per heavy atom. The Kier molecular flexibility index (Phi) is 5.18. The molecule has 3 N–H and O–H groups in total. The van der Waals surface area contributed by atoms with Crippen molar-refractivity contribution in [2.24, 2.45) is 11.7 Å². The standard InChI is InChI=1S/C6H12N2O/c7-3-1-6(5-8)2-4-9/h6,9H,1-4,7H2. The van der Waals surface area contributed by atoms with Crippen LogP contribution >= 0.6 is 0 Å². The van der Waals surface area contributed by atoms with Gasteiger partial charge in [0, 0.05) is 12.5 Å². The van der Waals surface area contributed by atoms with Gasteiger partial charge in [0.1, 0.15) is 0 Å². The van der Waals surface area contributed by atoms with E-state index in [1.54, 1.807) is 0 Å². The summed E-state index contributed by atoms with van der Waals surface area (Å²) in [5.41, 5.74) is 5.20. The van der Waals surface area contributed by atoms with Crippen molar-refractivity contribution in [3.05, 3.63) is 0 Å². The third-order valence-corrected chi connectivity index (χ3v) is 1.18. The van der Waals surface area contributed by atoms with E-state index in [1.807, 2.05) is 0 Å². The highest BCUT2D eigenvalue weighted by Crippen LogP contribution is 2.03. The minimum Gasteiger partial charge on any atom is -0.396 e. The van der Waals surface area contributed by atoms with Crippen LogP contribution in [0.25, 0.3) is 0 Å². The van der Waals surface area contributed by atoms with Gasteiger partial charge in [0.2, 0.25) is 0 Å². The monoisotopic (exact) mass is 128 g/mol. The molecule has 3 nitrogen and oxygen atoms in total. The maximum absolute atomic E-state index is 8.40. The van der Waals surface area contributed by atoms with Crippen LogP contribution in [-0.2, 0) is 0 Å². The molecule has 0 fully saturated rings. The van der Waals surface area contributed by atoms with Crippen molar-refractivity contribution in [1.29, 1.82) is 5.26 Å². The van der Waals surface area contributed by atoms with Crippen molar-refractivity contribution in [1.82, 2.24) is 0 Å². The first kappa shape index (κ1) is 8.41. The van der Waals surface area contributed by atoms with Crippen molar-refractivity contribution >= 4 is 0 Å². The molecule has 1 atom stereocenters. The molecule has 0 aliphatic rings. The number of nitrogens with zero attached hydrogens (tertiary/aromatic N) is 1. The number of aliphatic hydroxyl groups is 1. The summed E-state index contributed by atoms with van der Waals surface area (Å²) in [6.07, 6.45) is 1.24. The summed E-state index contributed by atoms with van der Waals surface area (Å²) in [7, 11) is 0. The van der Waals surface area contributed by atoms with Crippen LogP contribution in [0.15, 0.2) is 0 Å². The highest BCUT2D eigenvalue weighted by atomic mass is 16.3. The van der Waals surface area contributed by atoms with E-state index in [-0.39, 0.29) is 12.5 Å². The summed E-state index contributed by atoms with van der Waals surface area (Å²) in [5, 5.41) is 16.8. The lowest BCUT2D eigenvalue weighted by atomic mass is 10.0. The van der Waals surface area contributed by atoms with Crippen LogP contribution in [0.4, 0.5) is 0 Å². The van der Waals surface area contributed by atoms with E-state index in [4.69, 9.17) is 16.1 Å². The highest BCUT2D eigenvalue weighted by molar-refractivity contribution is 4.82. The summed E-state index contributed by atoms with van der Waals surface area (Å²) >= 11 is 0. The molecular formula is C6H12N2O. The first-order chi connectivity index (χ1) is 4.35. The maximum atomic E-state index is 8.40.